The van der Waals surface area contributed by atoms with Crippen LogP contribution in [0.3, 0.4) is 0 Å². The van der Waals surface area contributed by atoms with Gasteiger partial charge in [-0.05, 0) is 5.56 Å². The Kier molecular flexibility index (Phi) is 4.28. The summed E-state index contributed by atoms with van der Waals surface area (Å²) < 4.78 is 6.11. The van der Waals surface area contributed by atoms with Crippen molar-refractivity contribution in [3.63, 3.8) is 0 Å². The van der Waals surface area contributed by atoms with E-state index in [1.54, 1.807) is 0 Å². The third-order valence-corrected chi connectivity index (χ3v) is 2.11. The molecule has 0 aromatic heterocycles. The summed E-state index contributed by atoms with van der Waals surface area (Å²) in [6.45, 7) is 0.392. The van der Waals surface area contributed by atoms with E-state index < -0.39 is 6.09 Å². The molecule has 0 aliphatic heterocycles. The number of hydrogen-bond acceptors (Lipinski definition) is 3. The predicted molar refractivity (Wildman–Crippen MR) is 54.6 cm³/mol. The number of carbonyl (C=O) groups is 1. The minimum absolute atomic E-state index is 0.392. The molecule has 1 rings (SSSR count). The van der Waals surface area contributed by atoms with Crippen LogP contribution >= 0.6 is 12.2 Å². The van der Waals surface area contributed by atoms with Crippen LogP contribution in [0.15, 0.2) is 30.3 Å². The lowest BCUT2D eigenvalue weighted by atomic mass is 10.2. The highest BCUT2D eigenvalue weighted by molar-refractivity contribution is 7.92. The maximum atomic E-state index is 10.4. The van der Waals surface area contributed by atoms with E-state index in [4.69, 9.17) is 9.29 Å². The summed E-state index contributed by atoms with van der Waals surface area (Å²) >= 11 is 0.813. The van der Waals surface area contributed by atoms with E-state index in [1.165, 1.54) is 7.05 Å². The minimum atomic E-state index is -1.02. The van der Waals surface area contributed by atoms with Crippen LogP contribution in [0.1, 0.15) is 5.56 Å². The highest BCUT2D eigenvalue weighted by Crippen LogP contribution is 2.12. The number of benzene rings is 1. The number of hydrogen-bond donors (Lipinski definition) is 1. The molecule has 0 spiro atoms. The molecular formula is C9H11NO3S. The molecule has 4 nitrogen and oxygen atoms in total. The average molecular weight is 213 g/mol. The quantitative estimate of drug-likeness (QED) is 0.616. The fourth-order valence-electron chi connectivity index (χ4n) is 0.780. The minimum Gasteiger partial charge on any atom is -0.464 e. The second-order valence-electron chi connectivity index (χ2n) is 2.60. The van der Waals surface area contributed by atoms with E-state index in [0.717, 1.165) is 22.1 Å². The largest absolute Gasteiger partial charge is 0.464 e. The molecule has 0 atom stereocenters. The van der Waals surface area contributed by atoms with Crippen molar-refractivity contribution in [3.05, 3.63) is 35.9 Å². The Morgan fingerprint density at radius 2 is 2.14 bits per heavy atom. The second-order valence-corrected chi connectivity index (χ2v) is 3.53. The van der Waals surface area contributed by atoms with Crippen LogP contribution in [0.25, 0.3) is 0 Å². The van der Waals surface area contributed by atoms with Crippen molar-refractivity contribution in [3.8, 4) is 0 Å². The third-order valence-electron chi connectivity index (χ3n) is 1.50. The van der Waals surface area contributed by atoms with Gasteiger partial charge in [0.05, 0.1) is 6.61 Å². The first-order chi connectivity index (χ1) is 6.70. The van der Waals surface area contributed by atoms with Crippen molar-refractivity contribution < 1.29 is 14.1 Å². The molecule has 1 aromatic carbocycles. The molecule has 5 heteroatoms. The predicted octanol–water partition coefficient (Wildman–Crippen LogP) is 2.38. The fraction of sp³-hybridized carbons (Fsp3) is 0.222. The lowest BCUT2D eigenvalue weighted by Crippen LogP contribution is -2.16. The fourth-order valence-corrected chi connectivity index (χ4v) is 1.19. The topological polar surface area (TPSA) is 49.8 Å². The maximum Gasteiger partial charge on any atom is 0.418 e. The summed E-state index contributed by atoms with van der Waals surface area (Å²) in [7, 11) is 1.43. The molecule has 1 amide bonds. The number of nitrogens with zero attached hydrogens (tertiary/aromatic N) is 1. The first-order valence-electron chi connectivity index (χ1n) is 4.00. The summed E-state index contributed by atoms with van der Waals surface area (Å²) in [5.41, 5.74) is 1.01. The highest BCUT2D eigenvalue weighted by Gasteiger charge is 2.05. The van der Waals surface area contributed by atoms with E-state index in [2.05, 4.69) is 0 Å². The van der Waals surface area contributed by atoms with Crippen LogP contribution in [0.4, 0.5) is 4.79 Å². The Labute approximate surface area is 86.8 Å². The molecule has 0 saturated heterocycles. The normalized spacial score (nSPS) is 9.79. The van der Waals surface area contributed by atoms with Gasteiger partial charge < -0.3 is 5.11 Å². The van der Waals surface area contributed by atoms with Gasteiger partial charge in [0.15, 0.2) is 0 Å². The van der Waals surface area contributed by atoms with Crippen LogP contribution < -0.4 is 0 Å². The lowest BCUT2D eigenvalue weighted by Gasteiger charge is -2.09. The number of rotatable bonds is 4. The Hall–Kier alpha value is -1.20. The van der Waals surface area contributed by atoms with Gasteiger partial charge in [-0.25, -0.2) is 9.10 Å². The molecule has 0 fully saturated rings. The molecule has 0 unspecified atom stereocenters. The van der Waals surface area contributed by atoms with Crippen LogP contribution in [-0.2, 0) is 10.8 Å². The summed E-state index contributed by atoms with van der Waals surface area (Å²) in [5, 5.41) is 8.50. The summed E-state index contributed by atoms with van der Waals surface area (Å²) in [5.74, 6) is 0. The maximum absolute atomic E-state index is 10.4. The van der Waals surface area contributed by atoms with Crippen molar-refractivity contribution >= 4 is 18.3 Å². The Bertz CT molecular complexity index is 291. The molecule has 0 aliphatic carbocycles. The molecule has 0 aliphatic rings. The molecule has 14 heavy (non-hydrogen) atoms. The lowest BCUT2D eigenvalue weighted by molar-refractivity contribution is 0.178. The Balaban J connectivity index is 2.26. The zero-order valence-electron chi connectivity index (χ0n) is 7.71. The summed E-state index contributed by atoms with van der Waals surface area (Å²) in [4.78, 5) is 10.4. The number of amides is 1. The molecule has 0 radical (unpaired) electrons. The van der Waals surface area contributed by atoms with Gasteiger partial charge in [0, 0.05) is 7.05 Å². The van der Waals surface area contributed by atoms with Crippen molar-refractivity contribution in [2.45, 2.75) is 6.61 Å². The summed E-state index contributed by atoms with van der Waals surface area (Å²) in [6.07, 6.45) is -1.02. The second kappa shape index (κ2) is 5.51. The Morgan fingerprint density at radius 3 is 2.71 bits per heavy atom. The molecular weight excluding hydrogens is 202 g/mol. The standard InChI is InChI=1S/C9H11NO3S/c1-10(9(11)12)14-13-7-8-5-3-2-4-6-8/h2-6H,7H2,1H3,(H,11,12). The third kappa shape index (κ3) is 3.68. The van der Waals surface area contributed by atoms with Crippen molar-refractivity contribution in [2.24, 2.45) is 0 Å². The molecule has 0 saturated carbocycles. The summed E-state index contributed by atoms with van der Waals surface area (Å²) in [6, 6.07) is 9.57. The smallest absolute Gasteiger partial charge is 0.418 e. The first kappa shape index (κ1) is 10.9. The van der Waals surface area contributed by atoms with Gasteiger partial charge >= 0.3 is 6.09 Å². The van der Waals surface area contributed by atoms with Gasteiger partial charge in [-0.15, -0.1) is 0 Å². The van der Waals surface area contributed by atoms with Gasteiger partial charge in [0.2, 0.25) is 0 Å². The SMILES string of the molecule is CN(SOCc1ccccc1)C(=O)O. The van der Waals surface area contributed by atoms with Crippen molar-refractivity contribution in [2.75, 3.05) is 7.05 Å². The monoisotopic (exact) mass is 213 g/mol. The Morgan fingerprint density at radius 1 is 1.50 bits per heavy atom. The van der Waals surface area contributed by atoms with E-state index in [1.807, 2.05) is 30.3 Å². The van der Waals surface area contributed by atoms with Crippen LogP contribution in [0.5, 0.6) is 0 Å². The highest BCUT2D eigenvalue weighted by atomic mass is 32.2. The van der Waals surface area contributed by atoms with E-state index >= 15 is 0 Å². The molecule has 1 aromatic rings. The molecule has 0 heterocycles. The zero-order valence-corrected chi connectivity index (χ0v) is 8.53. The van der Waals surface area contributed by atoms with Gasteiger partial charge in [0.25, 0.3) is 0 Å². The van der Waals surface area contributed by atoms with Crippen molar-refractivity contribution in [1.82, 2.24) is 4.31 Å². The van der Waals surface area contributed by atoms with Crippen LogP contribution in [0, 0.1) is 0 Å². The molecule has 1 N–H and O–H groups in total. The van der Waals surface area contributed by atoms with E-state index in [-0.39, 0.29) is 0 Å². The first-order valence-corrected chi connectivity index (χ1v) is 4.70. The van der Waals surface area contributed by atoms with Gasteiger partial charge in [0.1, 0.15) is 12.2 Å². The molecule has 0 bridgehead atoms. The number of carboxylic acid groups (broad SMARTS) is 1. The van der Waals surface area contributed by atoms with E-state index in [0.29, 0.717) is 6.61 Å². The van der Waals surface area contributed by atoms with Crippen LogP contribution in [-0.4, -0.2) is 22.6 Å². The molecule has 76 valence electrons. The zero-order chi connectivity index (χ0) is 10.4. The van der Waals surface area contributed by atoms with Gasteiger partial charge in [-0.2, -0.15) is 0 Å². The van der Waals surface area contributed by atoms with Crippen LogP contribution in [0.2, 0.25) is 0 Å². The van der Waals surface area contributed by atoms with Gasteiger partial charge in [-0.3, -0.25) is 4.18 Å². The van der Waals surface area contributed by atoms with Gasteiger partial charge in [-0.1, -0.05) is 30.3 Å². The average Bonchev–Trinajstić information content (AvgIpc) is 2.19. The van der Waals surface area contributed by atoms with Crippen molar-refractivity contribution in [1.29, 1.82) is 0 Å². The van der Waals surface area contributed by atoms with E-state index in [9.17, 15) is 4.79 Å².